The minimum Gasteiger partial charge on any atom is -0.494 e. The number of hydrogen-bond donors (Lipinski definition) is 1. The third-order valence-corrected chi connectivity index (χ3v) is 4.94. The van der Waals surface area contributed by atoms with Gasteiger partial charge in [-0.25, -0.2) is 0 Å². The van der Waals surface area contributed by atoms with Crippen molar-refractivity contribution in [3.05, 3.63) is 47.3 Å². The number of aryl methyl sites for hydroxylation is 2. The number of ether oxygens (including phenoxy) is 1. The van der Waals surface area contributed by atoms with E-state index in [1.54, 1.807) is 11.7 Å². The van der Waals surface area contributed by atoms with Crippen LogP contribution in [-0.4, -0.2) is 28.2 Å². The van der Waals surface area contributed by atoms with Crippen LogP contribution in [0.1, 0.15) is 67.2 Å². The van der Waals surface area contributed by atoms with Crippen LogP contribution in [0.4, 0.5) is 0 Å². The lowest BCUT2D eigenvalue weighted by Gasteiger charge is -2.09. The molecule has 1 aromatic carbocycles. The number of nitrogens with zero attached hydrogens (tertiary/aromatic N) is 2. The van der Waals surface area contributed by atoms with Crippen molar-refractivity contribution in [2.75, 3.05) is 12.5 Å². The molecule has 0 aliphatic carbocycles. The zero-order valence-corrected chi connectivity index (χ0v) is 17.8. The lowest BCUT2D eigenvalue weighted by Crippen LogP contribution is -2.25. The highest BCUT2D eigenvalue weighted by Gasteiger charge is 2.12. The average Bonchev–Trinajstić information content (AvgIpc) is 3.09. The van der Waals surface area contributed by atoms with Gasteiger partial charge in [0.25, 0.3) is 5.91 Å². The molecule has 2 rings (SSSR count). The van der Waals surface area contributed by atoms with Crippen LogP contribution in [0.15, 0.2) is 30.3 Å². The number of hydrogen-bond acceptors (Lipinski definition) is 3. The number of rotatable bonds is 13. The Bertz CT molecular complexity index is 730. The fourth-order valence-corrected chi connectivity index (χ4v) is 3.21. The molecule has 28 heavy (non-hydrogen) atoms. The van der Waals surface area contributed by atoms with E-state index in [-0.39, 0.29) is 5.91 Å². The number of unbranched alkanes of at least 4 members (excludes halogenated alkanes) is 5. The predicted molar refractivity (Wildman–Crippen MR) is 114 cm³/mol. The molecule has 5 nitrogen and oxygen atoms in total. The lowest BCUT2D eigenvalue weighted by molar-refractivity contribution is 0.0941. The zero-order chi connectivity index (χ0) is 20.2. The van der Waals surface area contributed by atoms with E-state index >= 15 is 0 Å². The molecule has 0 unspecified atom stereocenters. The summed E-state index contributed by atoms with van der Waals surface area (Å²) in [6, 6.07) is 9.74. The van der Waals surface area contributed by atoms with Crippen molar-refractivity contribution >= 4 is 17.5 Å². The van der Waals surface area contributed by atoms with Gasteiger partial charge in [0.2, 0.25) is 0 Å². The maximum Gasteiger partial charge on any atom is 0.269 e. The smallest absolute Gasteiger partial charge is 0.269 e. The maximum atomic E-state index is 12.4. The number of benzene rings is 1. The molecule has 0 atom stereocenters. The van der Waals surface area contributed by atoms with Gasteiger partial charge < -0.3 is 10.1 Å². The largest absolute Gasteiger partial charge is 0.494 e. The Labute approximate surface area is 173 Å². The van der Waals surface area contributed by atoms with Crippen molar-refractivity contribution in [2.45, 2.75) is 58.4 Å². The summed E-state index contributed by atoms with van der Waals surface area (Å²) >= 11 is 5.68. The van der Waals surface area contributed by atoms with Crippen molar-refractivity contribution < 1.29 is 9.53 Å². The first-order valence-corrected chi connectivity index (χ1v) is 10.8. The van der Waals surface area contributed by atoms with Crippen LogP contribution in [0.5, 0.6) is 5.75 Å². The van der Waals surface area contributed by atoms with Crippen LogP contribution < -0.4 is 10.1 Å². The summed E-state index contributed by atoms with van der Waals surface area (Å²) < 4.78 is 7.48. The third-order valence-electron chi connectivity index (χ3n) is 4.67. The molecule has 0 aliphatic heterocycles. The normalized spacial score (nSPS) is 10.8. The summed E-state index contributed by atoms with van der Waals surface area (Å²) in [5.74, 6) is 1.50. The van der Waals surface area contributed by atoms with Crippen molar-refractivity contribution in [2.24, 2.45) is 7.05 Å². The van der Waals surface area contributed by atoms with E-state index in [0.29, 0.717) is 12.2 Å². The minimum atomic E-state index is -0.116. The molecular formula is C22H32ClN3O2. The Kier molecular flexibility index (Phi) is 9.91. The van der Waals surface area contributed by atoms with Crippen molar-refractivity contribution in [3.8, 4) is 5.75 Å². The topological polar surface area (TPSA) is 56.1 Å². The van der Waals surface area contributed by atoms with Gasteiger partial charge in [-0.3, -0.25) is 9.48 Å². The number of aromatic nitrogens is 2. The maximum absolute atomic E-state index is 12.4. The van der Waals surface area contributed by atoms with E-state index in [0.717, 1.165) is 48.8 Å². The standard InChI is InChI=1S/C22H32ClN3O2/c1-3-19-16-21(26(2)25-19)22(27)24-17-18-11-10-12-20(15-18)28-14-9-7-5-4-6-8-13-23/h10-12,15-16H,3-9,13-14,17H2,1-2H3,(H,24,27). The van der Waals surface area contributed by atoms with E-state index in [9.17, 15) is 4.79 Å². The van der Waals surface area contributed by atoms with Gasteiger partial charge >= 0.3 is 0 Å². The van der Waals surface area contributed by atoms with Gasteiger partial charge in [0.05, 0.1) is 12.3 Å². The molecule has 0 radical (unpaired) electrons. The SMILES string of the molecule is CCc1cc(C(=O)NCc2cccc(OCCCCCCCCCl)c2)n(C)n1. The highest BCUT2D eigenvalue weighted by atomic mass is 35.5. The number of nitrogens with one attached hydrogen (secondary N) is 1. The Morgan fingerprint density at radius 2 is 1.89 bits per heavy atom. The second kappa shape index (κ2) is 12.4. The number of halogens is 1. The fraction of sp³-hybridized carbons (Fsp3) is 0.545. The minimum absolute atomic E-state index is 0.116. The Morgan fingerprint density at radius 3 is 2.61 bits per heavy atom. The molecule has 1 heterocycles. The van der Waals surface area contributed by atoms with Crippen molar-refractivity contribution in [1.82, 2.24) is 15.1 Å². The average molecular weight is 406 g/mol. The highest BCUT2D eigenvalue weighted by Crippen LogP contribution is 2.15. The molecule has 0 spiro atoms. The Balaban J connectivity index is 1.72. The van der Waals surface area contributed by atoms with E-state index < -0.39 is 0 Å². The Hall–Kier alpha value is -2.01. The third kappa shape index (κ3) is 7.55. The monoisotopic (exact) mass is 405 g/mol. The molecule has 0 saturated carbocycles. The number of alkyl halides is 1. The second-order valence-corrected chi connectivity index (χ2v) is 7.36. The molecular weight excluding hydrogens is 374 g/mol. The number of carbonyl (C=O) groups excluding carboxylic acids is 1. The molecule has 0 fully saturated rings. The van der Waals surface area contributed by atoms with Gasteiger partial charge in [0, 0.05) is 19.5 Å². The van der Waals surface area contributed by atoms with Crippen LogP contribution in [0.2, 0.25) is 0 Å². The quantitative estimate of drug-likeness (QED) is 0.382. The zero-order valence-electron chi connectivity index (χ0n) is 17.0. The van der Waals surface area contributed by atoms with Gasteiger partial charge in [0.15, 0.2) is 0 Å². The summed E-state index contributed by atoms with van der Waals surface area (Å²) in [4.78, 5) is 12.4. The van der Waals surface area contributed by atoms with Gasteiger partial charge in [0.1, 0.15) is 11.4 Å². The summed E-state index contributed by atoms with van der Waals surface area (Å²) in [7, 11) is 1.79. The molecule has 154 valence electrons. The number of amides is 1. The molecule has 0 aliphatic rings. The molecule has 1 N–H and O–H groups in total. The van der Waals surface area contributed by atoms with E-state index in [2.05, 4.69) is 10.4 Å². The second-order valence-electron chi connectivity index (χ2n) is 6.99. The lowest BCUT2D eigenvalue weighted by atomic mass is 10.1. The van der Waals surface area contributed by atoms with Crippen molar-refractivity contribution in [3.63, 3.8) is 0 Å². The van der Waals surface area contributed by atoms with Crippen LogP contribution in [0, 0.1) is 0 Å². The molecule has 6 heteroatoms. The first-order valence-electron chi connectivity index (χ1n) is 10.2. The molecule has 0 bridgehead atoms. The summed E-state index contributed by atoms with van der Waals surface area (Å²) in [6.45, 7) is 3.21. The summed E-state index contributed by atoms with van der Waals surface area (Å²) in [5.41, 5.74) is 2.52. The summed E-state index contributed by atoms with van der Waals surface area (Å²) in [5, 5.41) is 7.28. The predicted octanol–water partition coefficient (Wildman–Crippen LogP) is 4.87. The molecule has 2 aromatic rings. The van der Waals surface area contributed by atoms with Crippen LogP contribution >= 0.6 is 11.6 Å². The van der Waals surface area contributed by atoms with Crippen molar-refractivity contribution in [1.29, 1.82) is 0 Å². The highest BCUT2D eigenvalue weighted by molar-refractivity contribution is 6.17. The van der Waals surface area contributed by atoms with Gasteiger partial charge in [-0.05, 0) is 43.0 Å². The van der Waals surface area contributed by atoms with Gasteiger partial charge in [-0.2, -0.15) is 5.10 Å². The first-order chi connectivity index (χ1) is 13.6. The van der Waals surface area contributed by atoms with Gasteiger partial charge in [-0.15, -0.1) is 11.6 Å². The number of carbonyl (C=O) groups is 1. The molecule has 1 aromatic heterocycles. The van der Waals surface area contributed by atoms with Crippen LogP contribution in [-0.2, 0) is 20.0 Å². The van der Waals surface area contributed by atoms with Gasteiger partial charge in [-0.1, -0.05) is 44.7 Å². The fourth-order valence-electron chi connectivity index (χ4n) is 3.02. The van der Waals surface area contributed by atoms with Crippen LogP contribution in [0.3, 0.4) is 0 Å². The first kappa shape index (κ1) is 22.3. The molecule has 0 saturated heterocycles. The Morgan fingerprint density at radius 1 is 1.14 bits per heavy atom. The summed E-state index contributed by atoms with van der Waals surface area (Å²) in [6.07, 6.45) is 7.87. The molecule has 1 amide bonds. The van der Waals surface area contributed by atoms with E-state index in [1.807, 2.05) is 37.3 Å². The van der Waals surface area contributed by atoms with Crippen LogP contribution in [0.25, 0.3) is 0 Å². The van der Waals surface area contributed by atoms with E-state index in [4.69, 9.17) is 16.3 Å². The van der Waals surface area contributed by atoms with E-state index in [1.165, 1.54) is 25.7 Å².